The molecular weight excluding hydrogens is 340 g/mol. The van der Waals surface area contributed by atoms with Crippen molar-refractivity contribution in [3.8, 4) is 17.2 Å². The number of nitrogens with one attached hydrogen (secondary N) is 1. The van der Waals surface area contributed by atoms with Gasteiger partial charge in [0.25, 0.3) is 0 Å². The molecule has 27 heavy (non-hydrogen) atoms. The first-order chi connectivity index (χ1) is 13.0. The standard InChI is InChI=1S/C22H28N2O3/c1-5-27-20-11-7-10-17(21(20)25)19-13-18(23-22(24-19)14(2)3)15-8-6-9-16(12-15)26-4/h6-12,14,19,22,24-25H,5,13H2,1-4H3/t19-,22+/m0/s1. The highest BCUT2D eigenvalue weighted by atomic mass is 16.5. The zero-order valence-corrected chi connectivity index (χ0v) is 16.4. The number of aromatic hydroxyl groups is 1. The molecule has 1 aliphatic rings. The van der Waals surface area contributed by atoms with E-state index < -0.39 is 0 Å². The molecule has 2 N–H and O–H groups in total. The Bertz CT molecular complexity index is 817. The van der Waals surface area contributed by atoms with Crippen molar-refractivity contribution in [2.24, 2.45) is 10.9 Å². The zero-order chi connectivity index (χ0) is 19.4. The van der Waals surface area contributed by atoms with Crippen LogP contribution in [0.15, 0.2) is 47.5 Å². The number of hydrogen-bond acceptors (Lipinski definition) is 5. The predicted molar refractivity (Wildman–Crippen MR) is 108 cm³/mol. The van der Waals surface area contributed by atoms with Gasteiger partial charge in [-0.15, -0.1) is 0 Å². The molecule has 0 bridgehead atoms. The third kappa shape index (κ3) is 4.25. The van der Waals surface area contributed by atoms with Crippen molar-refractivity contribution in [2.75, 3.05) is 13.7 Å². The quantitative estimate of drug-likeness (QED) is 0.798. The number of phenolic OH excluding ortho intramolecular Hbond substituents is 1. The zero-order valence-electron chi connectivity index (χ0n) is 16.4. The van der Waals surface area contributed by atoms with Crippen LogP contribution >= 0.6 is 0 Å². The molecule has 1 aliphatic heterocycles. The van der Waals surface area contributed by atoms with Gasteiger partial charge in [-0.25, -0.2) is 0 Å². The Morgan fingerprint density at radius 1 is 1.22 bits per heavy atom. The minimum atomic E-state index is -0.0449. The highest BCUT2D eigenvalue weighted by molar-refractivity contribution is 6.01. The van der Waals surface area contributed by atoms with Crippen LogP contribution < -0.4 is 14.8 Å². The number of hydrogen-bond donors (Lipinski definition) is 2. The summed E-state index contributed by atoms with van der Waals surface area (Å²) < 4.78 is 10.9. The number of methoxy groups -OCH3 is 1. The van der Waals surface area contributed by atoms with Gasteiger partial charge in [0, 0.05) is 23.7 Å². The molecule has 0 spiro atoms. The maximum absolute atomic E-state index is 10.7. The van der Waals surface area contributed by atoms with E-state index in [0.717, 1.165) is 22.6 Å². The second-order valence-corrected chi connectivity index (χ2v) is 7.05. The lowest BCUT2D eigenvalue weighted by Gasteiger charge is -2.32. The molecule has 144 valence electrons. The Hall–Kier alpha value is -2.53. The summed E-state index contributed by atoms with van der Waals surface area (Å²) in [6.45, 7) is 6.71. The van der Waals surface area contributed by atoms with Gasteiger partial charge in [0.2, 0.25) is 0 Å². The van der Waals surface area contributed by atoms with Crippen LogP contribution in [0.4, 0.5) is 0 Å². The first-order valence-corrected chi connectivity index (χ1v) is 9.45. The lowest BCUT2D eigenvalue weighted by Crippen LogP contribution is -2.41. The molecule has 5 nitrogen and oxygen atoms in total. The van der Waals surface area contributed by atoms with Crippen LogP contribution in [0.1, 0.15) is 44.4 Å². The Labute approximate surface area is 161 Å². The average molecular weight is 368 g/mol. The lowest BCUT2D eigenvalue weighted by molar-refractivity contribution is 0.309. The first-order valence-electron chi connectivity index (χ1n) is 9.45. The van der Waals surface area contributed by atoms with E-state index in [0.29, 0.717) is 24.7 Å². The molecule has 2 aromatic rings. The average Bonchev–Trinajstić information content (AvgIpc) is 2.69. The molecule has 0 aromatic heterocycles. The molecule has 0 saturated carbocycles. The van der Waals surface area contributed by atoms with Crippen LogP contribution in [0.3, 0.4) is 0 Å². The smallest absolute Gasteiger partial charge is 0.162 e. The number of benzene rings is 2. The maximum atomic E-state index is 10.7. The van der Waals surface area contributed by atoms with Gasteiger partial charge < -0.3 is 14.6 Å². The van der Waals surface area contributed by atoms with Crippen LogP contribution in [0.5, 0.6) is 17.2 Å². The molecule has 0 aliphatic carbocycles. The van der Waals surface area contributed by atoms with Crippen molar-refractivity contribution in [3.05, 3.63) is 53.6 Å². The minimum absolute atomic E-state index is 0.0277. The van der Waals surface area contributed by atoms with E-state index in [1.165, 1.54) is 0 Å². The number of rotatable bonds is 6. The van der Waals surface area contributed by atoms with E-state index >= 15 is 0 Å². The van der Waals surface area contributed by atoms with Gasteiger partial charge in [-0.1, -0.05) is 38.1 Å². The van der Waals surface area contributed by atoms with E-state index in [4.69, 9.17) is 14.5 Å². The number of phenols is 1. The van der Waals surface area contributed by atoms with Gasteiger partial charge in [-0.2, -0.15) is 0 Å². The lowest BCUT2D eigenvalue weighted by atomic mass is 9.92. The summed E-state index contributed by atoms with van der Waals surface area (Å²) in [5.74, 6) is 1.85. The Morgan fingerprint density at radius 2 is 2.00 bits per heavy atom. The van der Waals surface area contributed by atoms with Crippen molar-refractivity contribution in [1.82, 2.24) is 5.32 Å². The number of nitrogens with zero attached hydrogens (tertiary/aromatic N) is 1. The minimum Gasteiger partial charge on any atom is -0.504 e. The fourth-order valence-electron chi connectivity index (χ4n) is 3.34. The second-order valence-electron chi connectivity index (χ2n) is 7.05. The van der Waals surface area contributed by atoms with Crippen LogP contribution in [0.25, 0.3) is 0 Å². The monoisotopic (exact) mass is 368 g/mol. The van der Waals surface area contributed by atoms with Crippen molar-refractivity contribution >= 4 is 5.71 Å². The highest BCUT2D eigenvalue weighted by Crippen LogP contribution is 2.37. The predicted octanol–water partition coefficient (Wildman–Crippen LogP) is 4.31. The van der Waals surface area contributed by atoms with Crippen molar-refractivity contribution in [1.29, 1.82) is 0 Å². The fraction of sp³-hybridized carbons (Fsp3) is 0.409. The third-order valence-electron chi connectivity index (χ3n) is 4.80. The Balaban J connectivity index is 1.97. The van der Waals surface area contributed by atoms with Gasteiger partial charge in [-0.3, -0.25) is 10.3 Å². The van der Waals surface area contributed by atoms with E-state index in [1.54, 1.807) is 13.2 Å². The van der Waals surface area contributed by atoms with Crippen LogP contribution in [0, 0.1) is 5.92 Å². The summed E-state index contributed by atoms with van der Waals surface area (Å²) in [6.07, 6.45) is 0.652. The molecular formula is C22H28N2O3. The maximum Gasteiger partial charge on any atom is 0.162 e. The summed E-state index contributed by atoms with van der Waals surface area (Å²) in [7, 11) is 1.67. The van der Waals surface area contributed by atoms with E-state index in [-0.39, 0.29) is 18.0 Å². The molecule has 0 unspecified atom stereocenters. The molecule has 0 fully saturated rings. The van der Waals surface area contributed by atoms with Gasteiger partial charge in [0.15, 0.2) is 11.5 Å². The highest BCUT2D eigenvalue weighted by Gasteiger charge is 2.29. The number of aliphatic imine (C=N–C) groups is 1. The topological polar surface area (TPSA) is 63.1 Å². The van der Waals surface area contributed by atoms with Crippen LogP contribution in [-0.4, -0.2) is 30.7 Å². The number of ether oxygens (including phenoxy) is 2. The molecule has 0 amide bonds. The first kappa shape index (κ1) is 19.2. The second kappa shape index (κ2) is 8.44. The van der Waals surface area contributed by atoms with E-state index in [1.807, 2.05) is 37.3 Å². The largest absolute Gasteiger partial charge is 0.504 e. The molecule has 0 saturated heterocycles. The molecule has 5 heteroatoms. The van der Waals surface area contributed by atoms with E-state index in [9.17, 15) is 5.11 Å². The SMILES string of the molecule is CCOc1cccc([C@@H]2CC(c3cccc(OC)c3)=N[C@@H](C(C)C)N2)c1O. The Kier molecular flexibility index (Phi) is 6.01. The summed E-state index contributed by atoms with van der Waals surface area (Å²) in [5.41, 5.74) is 2.89. The van der Waals surface area contributed by atoms with Crippen molar-refractivity contribution in [3.63, 3.8) is 0 Å². The molecule has 2 atom stereocenters. The Morgan fingerprint density at radius 3 is 2.70 bits per heavy atom. The summed E-state index contributed by atoms with van der Waals surface area (Å²) in [5, 5.41) is 14.3. The van der Waals surface area contributed by atoms with Gasteiger partial charge >= 0.3 is 0 Å². The summed E-state index contributed by atoms with van der Waals surface area (Å²) in [6, 6.07) is 13.6. The third-order valence-corrected chi connectivity index (χ3v) is 4.80. The van der Waals surface area contributed by atoms with E-state index in [2.05, 4.69) is 25.2 Å². The van der Waals surface area contributed by atoms with Gasteiger partial charge in [0.05, 0.1) is 13.7 Å². The molecule has 2 aromatic carbocycles. The van der Waals surface area contributed by atoms with Crippen LogP contribution in [0.2, 0.25) is 0 Å². The normalized spacial score (nSPS) is 19.7. The molecule has 0 radical (unpaired) electrons. The molecule has 3 rings (SSSR count). The van der Waals surface area contributed by atoms with Crippen LogP contribution in [-0.2, 0) is 0 Å². The molecule has 1 heterocycles. The summed E-state index contributed by atoms with van der Waals surface area (Å²) >= 11 is 0. The summed E-state index contributed by atoms with van der Waals surface area (Å²) in [4.78, 5) is 4.93. The van der Waals surface area contributed by atoms with Crippen molar-refractivity contribution in [2.45, 2.75) is 39.4 Å². The van der Waals surface area contributed by atoms with Gasteiger partial charge in [0.1, 0.15) is 11.9 Å². The number of para-hydroxylation sites is 1. The van der Waals surface area contributed by atoms with Crippen molar-refractivity contribution < 1.29 is 14.6 Å². The van der Waals surface area contributed by atoms with Gasteiger partial charge in [-0.05, 0) is 36.6 Å². The fourth-order valence-corrected chi connectivity index (χ4v) is 3.34.